The van der Waals surface area contributed by atoms with Crippen molar-refractivity contribution in [1.29, 1.82) is 5.26 Å². The third-order valence-electron chi connectivity index (χ3n) is 6.24. The molecule has 1 unspecified atom stereocenters. The topological polar surface area (TPSA) is 65.8 Å². The van der Waals surface area contributed by atoms with Crippen LogP contribution in [0.15, 0.2) is 89.5 Å². The molecule has 0 saturated carbocycles. The summed E-state index contributed by atoms with van der Waals surface area (Å²) in [4.78, 5) is 17.1. The molecule has 3 aromatic carbocycles. The molecule has 2 aliphatic rings. The number of hydrogen-bond acceptors (Lipinski definition) is 6. The van der Waals surface area contributed by atoms with Crippen molar-refractivity contribution < 1.29 is 14.3 Å². The molecule has 3 aromatic rings. The summed E-state index contributed by atoms with van der Waals surface area (Å²) < 4.78 is 11.6. The summed E-state index contributed by atoms with van der Waals surface area (Å²) in [5, 5.41) is 10.8. The van der Waals surface area contributed by atoms with Crippen molar-refractivity contribution in [2.75, 3.05) is 24.6 Å². The van der Waals surface area contributed by atoms with Gasteiger partial charge in [0.2, 0.25) is 5.91 Å². The van der Waals surface area contributed by atoms with Gasteiger partial charge < -0.3 is 14.4 Å². The molecule has 0 radical (unpaired) electrons. The van der Waals surface area contributed by atoms with E-state index in [1.165, 1.54) is 11.8 Å². The van der Waals surface area contributed by atoms with Crippen LogP contribution >= 0.6 is 11.8 Å². The zero-order valence-corrected chi connectivity index (χ0v) is 20.2. The average Bonchev–Trinajstić information content (AvgIpc) is 2.92. The molecule has 35 heavy (non-hydrogen) atoms. The molecule has 176 valence electrons. The second kappa shape index (κ2) is 10.2. The number of nitrogens with zero attached hydrogens (tertiary/aromatic N) is 3. The van der Waals surface area contributed by atoms with E-state index >= 15 is 0 Å². The summed E-state index contributed by atoms with van der Waals surface area (Å²) in [6.45, 7) is 0.869. The molecule has 1 saturated heterocycles. The maximum absolute atomic E-state index is 13.2. The number of carbonyl (C=O) groups excluding carboxylic acids is 1. The predicted octanol–water partition coefficient (Wildman–Crippen LogP) is 5.49. The molecule has 0 N–H and O–H groups in total. The summed E-state index contributed by atoms with van der Waals surface area (Å²) in [6.07, 6.45) is 0.239. The molecule has 2 heterocycles. The highest BCUT2D eigenvalue weighted by Gasteiger charge is 2.38. The van der Waals surface area contributed by atoms with Crippen molar-refractivity contribution in [1.82, 2.24) is 4.90 Å². The molecular weight excluding hydrogens is 458 g/mol. The Labute approximate surface area is 209 Å². The van der Waals surface area contributed by atoms with Gasteiger partial charge in [0.1, 0.15) is 6.61 Å². The maximum Gasteiger partial charge on any atom is 0.229 e. The van der Waals surface area contributed by atoms with Gasteiger partial charge in [-0.2, -0.15) is 5.26 Å². The highest BCUT2D eigenvalue weighted by atomic mass is 32.2. The van der Waals surface area contributed by atoms with E-state index in [1.807, 2.05) is 78.9 Å². The number of nitriles is 1. The molecule has 0 spiro atoms. The molecule has 0 aliphatic carbocycles. The van der Waals surface area contributed by atoms with Crippen LogP contribution in [0.1, 0.15) is 23.5 Å². The number of anilines is 1. The van der Waals surface area contributed by atoms with Crippen LogP contribution in [-0.2, 0) is 11.4 Å². The number of benzene rings is 3. The molecule has 1 atom stereocenters. The predicted molar refractivity (Wildman–Crippen MR) is 137 cm³/mol. The van der Waals surface area contributed by atoms with Crippen LogP contribution in [-0.4, -0.2) is 30.5 Å². The lowest BCUT2D eigenvalue weighted by atomic mass is 9.86. The Hall–Kier alpha value is -3.89. The van der Waals surface area contributed by atoms with Gasteiger partial charge >= 0.3 is 0 Å². The number of thioether (sulfide) groups is 1. The van der Waals surface area contributed by atoms with E-state index < -0.39 is 0 Å². The second-order valence-electron chi connectivity index (χ2n) is 8.38. The van der Waals surface area contributed by atoms with E-state index in [-0.39, 0.29) is 18.2 Å². The average molecular weight is 484 g/mol. The van der Waals surface area contributed by atoms with Crippen molar-refractivity contribution in [2.45, 2.75) is 18.9 Å². The third kappa shape index (κ3) is 4.71. The molecule has 5 rings (SSSR count). The number of carbonyl (C=O) groups is 1. The SMILES string of the molecule is COc1cc(C2CC(=O)N3CN(c4ccccc4)CSC3=C2C#N)ccc1OCc1ccccc1. The van der Waals surface area contributed by atoms with Crippen LogP contribution < -0.4 is 14.4 Å². The minimum absolute atomic E-state index is 0.0144. The Morgan fingerprint density at radius 3 is 2.49 bits per heavy atom. The fourth-order valence-corrected chi connectivity index (χ4v) is 5.57. The molecule has 6 nitrogen and oxygen atoms in total. The molecule has 7 heteroatoms. The van der Waals surface area contributed by atoms with Crippen molar-refractivity contribution in [2.24, 2.45) is 0 Å². The van der Waals surface area contributed by atoms with E-state index in [9.17, 15) is 10.1 Å². The van der Waals surface area contributed by atoms with Crippen molar-refractivity contribution in [3.05, 3.63) is 101 Å². The molecule has 1 fully saturated rings. The zero-order chi connectivity index (χ0) is 24.2. The Balaban J connectivity index is 1.39. The number of methoxy groups -OCH3 is 1. The molecule has 0 aromatic heterocycles. The minimum atomic E-state index is -0.313. The Morgan fingerprint density at radius 1 is 1.03 bits per heavy atom. The van der Waals surface area contributed by atoms with E-state index in [4.69, 9.17) is 9.47 Å². The maximum atomic E-state index is 13.2. The first-order chi connectivity index (χ1) is 17.2. The quantitative estimate of drug-likeness (QED) is 0.462. The van der Waals surface area contributed by atoms with Crippen molar-refractivity contribution in [3.8, 4) is 17.6 Å². The molecule has 1 amide bonds. The number of fused-ring (bicyclic) bond motifs is 1. The van der Waals surface area contributed by atoms with Crippen LogP contribution in [0, 0.1) is 11.3 Å². The molecular formula is C28H25N3O3S. The fourth-order valence-electron chi connectivity index (χ4n) is 4.40. The van der Waals surface area contributed by atoms with Gasteiger partial charge in [-0.3, -0.25) is 9.69 Å². The number of allylic oxidation sites excluding steroid dienone is 1. The normalized spacial score (nSPS) is 17.6. The minimum Gasteiger partial charge on any atom is -0.493 e. The second-order valence-corrected chi connectivity index (χ2v) is 9.32. The summed E-state index contributed by atoms with van der Waals surface area (Å²) in [5.41, 5.74) is 3.62. The van der Waals surface area contributed by atoms with Gasteiger partial charge in [-0.05, 0) is 35.4 Å². The van der Waals surface area contributed by atoms with Gasteiger partial charge in [-0.25, -0.2) is 0 Å². The fraction of sp³-hybridized carbons (Fsp3) is 0.214. The number of ether oxygens (including phenoxy) is 2. The lowest BCUT2D eigenvalue weighted by Crippen LogP contribution is -2.47. The smallest absolute Gasteiger partial charge is 0.229 e. The summed E-state index contributed by atoms with van der Waals surface area (Å²) >= 11 is 1.54. The van der Waals surface area contributed by atoms with Gasteiger partial charge in [-0.1, -0.05) is 66.4 Å². The monoisotopic (exact) mass is 483 g/mol. The van der Waals surface area contributed by atoms with Gasteiger partial charge in [0.25, 0.3) is 0 Å². The molecule has 2 aliphatic heterocycles. The van der Waals surface area contributed by atoms with Gasteiger partial charge in [-0.15, -0.1) is 0 Å². The van der Waals surface area contributed by atoms with Gasteiger partial charge in [0.15, 0.2) is 11.5 Å². The van der Waals surface area contributed by atoms with Crippen LogP contribution in [0.25, 0.3) is 0 Å². The van der Waals surface area contributed by atoms with E-state index in [2.05, 4.69) is 11.0 Å². The van der Waals surface area contributed by atoms with Crippen molar-refractivity contribution in [3.63, 3.8) is 0 Å². The highest BCUT2D eigenvalue weighted by molar-refractivity contribution is 8.03. The third-order valence-corrected chi connectivity index (χ3v) is 7.40. The largest absolute Gasteiger partial charge is 0.493 e. The van der Waals surface area contributed by atoms with E-state index in [0.29, 0.717) is 36.2 Å². The van der Waals surface area contributed by atoms with Gasteiger partial charge in [0, 0.05) is 18.0 Å². The first-order valence-electron chi connectivity index (χ1n) is 11.4. The van der Waals surface area contributed by atoms with Gasteiger partial charge in [0.05, 0.1) is 36.3 Å². The first-order valence-corrected chi connectivity index (χ1v) is 12.4. The number of hydrogen-bond donors (Lipinski definition) is 0. The number of para-hydroxylation sites is 1. The first kappa shape index (κ1) is 22.9. The lowest BCUT2D eigenvalue weighted by Gasteiger charge is -2.42. The van der Waals surface area contributed by atoms with Crippen LogP contribution in [0.4, 0.5) is 5.69 Å². The Bertz CT molecular complexity index is 1290. The molecule has 0 bridgehead atoms. The van der Waals surface area contributed by atoms with E-state index in [1.54, 1.807) is 12.0 Å². The summed E-state index contributed by atoms with van der Waals surface area (Å²) in [7, 11) is 1.60. The standard InChI is InChI=1S/C28H25N3O3S/c1-33-26-14-21(12-13-25(26)34-17-20-8-4-2-5-9-20)23-15-27(32)31-18-30(22-10-6-3-7-11-22)19-35-28(31)24(23)16-29/h2-14,23H,15,17-19H2,1H3. The Kier molecular flexibility index (Phi) is 6.64. The lowest BCUT2D eigenvalue weighted by molar-refractivity contribution is -0.129. The number of amides is 1. The van der Waals surface area contributed by atoms with Crippen molar-refractivity contribution >= 4 is 23.4 Å². The highest BCUT2D eigenvalue weighted by Crippen LogP contribution is 2.44. The zero-order valence-electron chi connectivity index (χ0n) is 19.4. The van der Waals surface area contributed by atoms with E-state index in [0.717, 1.165) is 21.8 Å². The van der Waals surface area contributed by atoms with Crippen LogP contribution in [0.2, 0.25) is 0 Å². The number of rotatable bonds is 6. The summed E-state index contributed by atoms with van der Waals surface area (Å²) in [5.74, 6) is 1.59. The van der Waals surface area contributed by atoms with Crippen LogP contribution in [0.5, 0.6) is 11.5 Å². The van der Waals surface area contributed by atoms with Crippen LogP contribution in [0.3, 0.4) is 0 Å². The summed E-state index contributed by atoms with van der Waals surface area (Å²) in [6, 6.07) is 28.0. The Morgan fingerprint density at radius 2 is 1.77 bits per heavy atom.